The number of carbonyl (C=O) groups is 1. The summed E-state index contributed by atoms with van der Waals surface area (Å²) >= 11 is 0. The van der Waals surface area contributed by atoms with E-state index in [4.69, 9.17) is 5.11 Å². The fraction of sp³-hybridized carbons (Fsp3) is 0.929. The Bertz CT molecular complexity index is 170. The first-order chi connectivity index (χ1) is 7.77. The lowest BCUT2D eigenvalue weighted by Crippen LogP contribution is -1.93. The highest BCUT2D eigenvalue weighted by atomic mass is 35.5. The van der Waals surface area contributed by atoms with Crippen molar-refractivity contribution in [1.29, 1.82) is 0 Å². The van der Waals surface area contributed by atoms with Crippen LogP contribution in [0.3, 0.4) is 0 Å². The van der Waals surface area contributed by atoms with Gasteiger partial charge in [0, 0.05) is 6.42 Å². The van der Waals surface area contributed by atoms with Crippen LogP contribution < -0.4 is 12.3 Å². The molecule has 0 fully saturated rings. The van der Waals surface area contributed by atoms with Crippen LogP contribution in [0.1, 0.15) is 84.0 Å². The highest BCUT2D eigenvalue weighted by molar-refractivity contribution is 5.85. The Morgan fingerprint density at radius 1 is 0.737 bits per heavy atom. The van der Waals surface area contributed by atoms with E-state index in [0.717, 1.165) is 12.8 Å². The van der Waals surface area contributed by atoms with Gasteiger partial charge in [-0.15, -0.1) is 12.4 Å². The normalized spacial score (nSPS) is 8.89. The lowest BCUT2D eigenvalue weighted by molar-refractivity contribution is -0.137. The summed E-state index contributed by atoms with van der Waals surface area (Å²) in [4.78, 5) is 10.3. The lowest BCUT2D eigenvalue weighted by Gasteiger charge is -2.01. The van der Waals surface area contributed by atoms with Crippen LogP contribution in [0.4, 0.5) is 0 Å². The van der Waals surface area contributed by atoms with Crippen molar-refractivity contribution < 1.29 is 9.90 Å². The molecule has 0 saturated carbocycles. The Kier molecular flexibility index (Phi) is 32.6. The largest absolute Gasteiger partial charge is 0.481 e. The van der Waals surface area contributed by atoms with E-state index in [1.807, 2.05) is 0 Å². The quantitative estimate of drug-likeness (QED) is 0.412. The summed E-state index contributed by atoms with van der Waals surface area (Å²) in [7, 11) is 0. The summed E-state index contributed by atoms with van der Waals surface area (Å²) in [5.74, 6) is -0.657. The van der Waals surface area contributed by atoms with E-state index in [0.29, 0.717) is 6.42 Å². The molecule has 0 rings (SSSR count). The van der Waals surface area contributed by atoms with E-state index in [9.17, 15) is 4.79 Å². The molecule has 0 saturated heterocycles. The zero-order valence-electron chi connectivity index (χ0n) is 12.7. The lowest BCUT2D eigenvalue weighted by atomic mass is 10.1. The van der Waals surface area contributed by atoms with Crippen molar-refractivity contribution in [2.75, 3.05) is 0 Å². The molecule has 0 aromatic rings. The zero-order chi connectivity index (χ0) is 12.1. The van der Waals surface area contributed by atoms with Gasteiger partial charge in [0.15, 0.2) is 0 Å². The highest BCUT2D eigenvalue weighted by Crippen LogP contribution is 2.11. The maximum absolute atomic E-state index is 10.3. The van der Waals surface area contributed by atoms with Gasteiger partial charge in [-0.05, 0) is 6.42 Å². The Morgan fingerprint density at radius 3 is 1.37 bits per heavy atom. The molecule has 5 heteroatoms. The van der Waals surface area contributed by atoms with Gasteiger partial charge >= 0.3 is 5.97 Å². The van der Waals surface area contributed by atoms with E-state index >= 15 is 0 Å². The molecule has 0 atom stereocenters. The SMILES string of the molecule is CCCCCCCCCCCCCC(=O)O.Cl.N.N. The van der Waals surface area contributed by atoms with Crippen LogP contribution in [-0.4, -0.2) is 11.1 Å². The van der Waals surface area contributed by atoms with E-state index in [-0.39, 0.29) is 24.7 Å². The number of hydrogen-bond donors (Lipinski definition) is 3. The van der Waals surface area contributed by atoms with Gasteiger partial charge in [-0.3, -0.25) is 4.79 Å². The Morgan fingerprint density at radius 2 is 1.05 bits per heavy atom. The van der Waals surface area contributed by atoms with Crippen LogP contribution in [0.25, 0.3) is 0 Å². The average Bonchev–Trinajstić information content (AvgIpc) is 2.25. The number of hydrogen-bond acceptors (Lipinski definition) is 3. The average molecular weight is 299 g/mol. The van der Waals surface area contributed by atoms with Gasteiger partial charge < -0.3 is 17.4 Å². The number of halogens is 1. The highest BCUT2D eigenvalue weighted by Gasteiger charge is 1.96. The summed E-state index contributed by atoms with van der Waals surface area (Å²) in [6.07, 6.45) is 14.4. The van der Waals surface area contributed by atoms with Gasteiger partial charge in [0.05, 0.1) is 0 Å². The number of carboxylic acids is 1. The van der Waals surface area contributed by atoms with Gasteiger partial charge in [0.1, 0.15) is 0 Å². The molecule has 0 amide bonds. The molecule has 19 heavy (non-hydrogen) atoms. The molecule has 0 unspecified atom stereocenters. The molecule has 7 N–H and O–H groups in total. The van der Waals surface area contributed by atoms with E-state index in [2.05, 4.69) is 6.92 Å². The monoisotopic (exact) mass is 298 g/mol. The summed E-state index contributed by atoms with van der Waals surface area (Å²) in [5, 5.41) is 8.46. The molecule has 0 heterocycles. The third-order valence-electron chi connectivity index (χ3n) is 2.99. The van der Waals surface area contributed by atoms with Crippen molar-refractivity contribution in [2.24, 2.45) is 0 Å². The van der Waals surface area contributed by atoms with Gasteiger partial charge in [-0.25, -0.2) is 0 Å². The molecule has 0 spiro atoms. The summed E-state index contributed by atoms with van der Waals surface area (Å²) < 4.78 is 0. The van der Waals surface area contributed by atoms with E-state index in [1.165, 1.54) is 57.8 Å². The summed E-state index contributed by atoms with van der Waals surface area (Å²) in [5.41, 5.74) is 0. The zero-order valence-corrected chi connectivity index (χ0v) is 13.5. The van der Waals surface area contributed by atoms with Crippen molar-refractivity contribution in [1.82, 2.24) is 12.3 Å². The Labute approximate surface area is 125 Å². The second kappa shape index (κ2) is 22.8. The van der Waals surface area contributed by atoms with Crippen LogP contribution in [-0.2, 0) is 4.79 Å². The number of aliphatic carboxylic acids is 1. The van der Waals surface area contributed by atoms with Crippen molar-refractivity contribution >= 4 is 18.4 Å². The maximum atomic E-state index is 10.3. The third-order valence-corrected chi connectivity index (χ3v) is 2.99. The molecule has 0 aromatic heterocycles. The summed E-state index contributed by atoms with van der Waals surface area (Å²) in [6.45, 7) is 2.25. The van der Waals surface area contributed by atoms with Crippen molar-refractivity contribution in [3.8, 4) is 0 Å². The molecule has 0 bridgehead atoms. The topological polar surface area (TPSA) is 107 Å². The second-order valence-electron chi connectivity index (χ2n) is 4.68. The van der Waals surface area contributed by atoms with Crippen LogP contribution in [0.2, 0.25) is 0 Å². The van der Waals surface area contributed by atoms with Gasteiger partial charge in [-0.2, -0.15) is 0 Å². The first kappa shape index (κ1) is 27.1. The number of unbranched alkanes of at least 4 members (excludes halogenated alkanes) is 10. The van der Waals surface area contributed by atoms with Gasteiger partial charge in [0.25, 0.3) is 0 Å². The van der Waals surface area contributed by atoms with E-state index < -0.39 is 5.97 Å². The molecule has 0 aliphatic rings. The van der Waals surface area contributed by atoms with Crippen LogP contribution in [0.15, 0.2) is 0 Å². The minimum atomic E-state index is -0.657. The van der Waals surface area contributed by atoms with Crippen molar-refractivity contribution in [3.63, 3.8) is 0 Å². The Hall–Kier alpha value is -0.320. The standard InChI is InChI=1S/C14H28O2.ClH.2H3N/c1-2-3-4-5-6-7-8-9-10-11-12-13-14(15)16;;;/h2-13H2,1H3,(H,15,16);1H;2*1H3. The van der Waals surface area contributed by atoms with Crippen molar-refractivity contribution in [3.05, 3.63) is 0 Å². The third kappa shape index (κ3) is 27.0. The molecule has 120 valence electrons. The van der Waals surface area contributed by atoms with Gasteiger partial charge in [0.2, 0.25) is 0 Å². The molecule has 0 aliphatic carbocycles. The van der Waals surface area contributed by atoms with Crippen molar-refractivity contribution in [2.45, 2.75) is 84.0 Å². The number of carboxylic acid groups (broad SMARTS) is 1. The van der Waals surface area contributed by atoms with E-state index in [1.54, 1.807) is 0 Å². The summed E-state index contributed by atoms with van der Waals surface area (Å²) in [6, 6.07) is 0. The van der Waals surface area contributed by atoms with Gasteiger partial charge in [-0.1, -0.05) is 71.1 Å². The smallest absolute Gasteiger partial charge is 0.303 e. The maximum Gasteiger partial charge on any atom is 0.303 e. The van der Waals surface area contributed by atoms with Crippen LogP contribution >= 0.6 is 12.4 Å². The first-order valence-electron chi connectivity index (χ1n) is 6.99. The first-order valence-corrected chi connectivity index (χ1v) is 6.99. The second-order valence-corrected chi connectivity index (χ2v) is 4.68. The minimum absolute atomic E-state index is 0. The fourth-order valence-electron chi connectivity index (χ4n) is 1.94. The van der Waals surface area contributed by atoms with Crippen LogP contribution in [0, 0.1) is 0 Å². The molecule has 0 radical (unpaired) electrons. The number of rotatable bonds is 12. The Balaban J connectivity index is -0.000000375. The fourth-order valence-corrected chi connectivity index (χ4v) is 1.94. The molecular weight excluding hydrogens is 264 g/mol. The molecule has 4 nitrogen and oxygen atoms in total. The molecular formula is C14H35ClN2O2. The minimum Gasteiger partial charge on any atom is -0.481 e. The predicted octanol–water partition coefficient (Wildman–Crippen LogP) is 5.52. The van der Waals surface area contributed by atoms with Crippen LogP contribution in [0.5, 0.6) is 0 Å². The molecule has 0 aromatic carbocycles. The molecule has 0 aliphatic heterocycles. The predicted molar refractivity (Wildman–Crippen MR) is 86.0 cm³/mol.